The molecule has 0 N–H and O–H groups in total. The fourth-order valence-electron chi connectivity index (χ4n) is 3.80. The lowest BCUT2D eigenvalue weighted by Gasteiger charge is -2.40. The molecule has 3 rings (SSSR count). The molecule has 3 heterocycles. The molecule has 0 aromatic carbocycles. The zero-order valence-corrected chi connectivity index (χ0v) is 14.6. The van der Waals surface area contributed by atoms with E-state index in [0.29, 0.717) is 12.0 Å². The van der Waals surface area contributed by atoms with Gasteiger partial charge in [0.05, 0.1) is 23.8 Å². The Hall–Kier alpha value is -1.66. The molecule has 1 aliphatic rings. The molecule has 0 bridgehead atoms. The Morgan fingerprint density at radius 1 is 1.39 bits per heavy atom. The summed E-state index contributed by atoms with van der Waals surface area (Å²) in [5.41, 5.74) is 2.31. The normalized spacial score (nSPS) is 22.8. The molecule has 0 saturated carbocycles. The monoisotopic (exact) mass is 317 g/mol. The molecule has 0 unspecified atom stereocenters. The van der Waals surface area contributed by atoms with Crippen LogP contribution in [0.25, 0.3) is 0 Å². The van der Waals surface area contributed by atoms with Crippen LogP contribution in [0.2, 0.25) is 0 Å². The molecular formula is C17H27N5O. The van der Waals surface area contributed by atoms with Crippen LogP contribution in [-0.2, 0) is 13.6 Å². The number of hydrogen-bond donors (Lipinski definition) is 0. The summed E-state index contributed by atoms with van der Waals surface area (Å²) < 4.78 is 7.32. The zero-order chi connectivity index (χ0) is 16.4. The van der Waals surface area contributed by atoms with Gasteiger partial charge in [-0.1, -0.05) is 5.16 Å². The first-order chi connectivity index (χ1) is 11.0. The SMILES string of the molecule is Cc1cc(CN(C)C[C@@H]2CCCN(C)[C@H]2c2cncn2C)no1. The summed E-state index contributed by atoms with van der Waals surface area (Å²) in [7, 11) is 6.48. The Morgan fingerprint density at radius 3 is 2.87 bits per heavy atom. The van der Waals surface area contributed by atoms with Crippen molar-refractivity contribution in [1.82, 2.24) is 24.5 Å². The minimum atomic E-state index is 0.428. The highest BCUT2D eigenvalue weighted by molar-refractivity contribution is 5.09. The van der Waals surface area contributed by atoms with Gasteiger partial charge in [0.1, 0.15) is 5.76 Å². The molecule has 6 heteroatoms. The number of rotatable bonds is 5. The Morgan fingerprint density at radius 2 is 2.22 bits per heavy atom. The molecule has 1 aliphatic heterocycles. The van der Waals surface area contributed by atoms with Gasteiger partial charge >= 0.3 is 0 Å². The molecule has 2 aromatic heterocycles. The maximum Gasteiger partial charge on any atom is 0.133 e. The van der Waals surface area contributed by atoms with Crippen LogP contribution in [0.4, 0.5) is 0 Å². The van der Waals surface area contributed by atoms with Crippen LogP contribution in [0.5, 0.6) is 0 Å². The predicted molar refractivity (Wildman–Crippen MR) is 88.9 cm³/mol. The second kappa shape index (κ2) is 6.84. The fourth-order valence-corrected chi connectivity index (χ4v) is 3.80. The van der Waals surface area contributed by atoms with E-state index in [0.717, 1.165) is 31.1 Å². The van der Waals surface area contributed by atoms with Crippen molar-refractivity contribution in [3.8, 4) is 0 Å². The van der Waals surface area contributed by atoms with Crippen molar-refractivity contribution in [1.29, 1.82) is 0 Å². The summed E-state index contributed by atoms with van der Waals surface area (Å²) in [5.74, 6) is 1.47. The van der Waals surface area contributed by atoms with Crippen LogP contribution in [0.1, 0.15) is 36.0 Å². The van der Waals surface area contributed by atoms with Crippen molar-refractivity contribution >= 4 is 0 Å². The summed E-state index contributed by atoms with van der Waals surface area (Å²) in [6, 6.07) is 2.44. The number of imidazole rings is 1. The summed E-state index contributed by atoms with van der Waals surface area (Å²) >= 11 is 0. The molecule has 2 aromatic rings. The molecule has 0 aliphatic carbocycles. The second-order valence-electron chi connectivity index (χ2n) is 6.88. The van der Waals surface area contributed by atoms with Crippen molar-refractivity contribution in [3.05, 3.63) is 35.7 Å². The Kier molecular flexibility index (Phi) is 4.82. The third-order valence-electron chi connectivity index (χ3n) is 4.82. The van der Waals surface area contributed by atoms with Crippen molar-refractivity contribution < 1.29 is 4.52 Å². The fraction of sp³-hybridized carbons (Fsp3) is 0.647. The van der Waals surface area contributed by atoms with Gasteiger partial charge in [0, 0.05) is 32.4 Å². The lowest BCUT2D eigenvalue weighted by atomic mass is 9.87. The van der Waals surface area contributed by atoms with E-state index < -0.39 is 0 Å². The van der Waals surface area contributed by atoms with Gasteiger partial charge in [-0.15, -0.1) is 0 Å². The maximum atomic E-state index is 5.17. The number of piperidine rings is 1. The highest BCUT2D eigenvalue weighted by atomic mass is 16.5. The van der Waals surface area contributed by atoms with Crippen LogP contribution in [0.15, 0.2) is 23.1 Å². The topological polar surface area (TPSA) is 50.3 Å². The third kappa shape index (κ3) is 3.64. The minimum Gasteiger partial charge on any atom is -0.361 e. The largest absolute Gasteiger partial charge is 0.361 e. The van der Waals surface area contributed by atoms with E-state index in [1.54, 1.807) is 0 Å². The minimum absolute atomic E-state index is 0.428. The Balaban J connectivity index is 1.70. The molecule has 2 atom stereocenters. The van der Waals surface area contributed by atoms with Gasteiger partial charge in [-0.05, 0) is 46.3 Å². The highest BCUT2D eigenvalue weighted by Crippen LogP contribution is 2.35. The Bertz CT molecular complexity index is 634. The quantitative estimate of drug-likeness (QED) is 0.846. The van der Waals surface area contributed by atoms with Gasteiger partial charge in [0.2, 0.25) is 0 Å². The van der Waals surface area contributed by atoms with E-state index in [9.17, 15) is 0 Å². The van der Waals surface area contributed by atoms with E-state index in [1.165, 1.54) is 18.5 Å². The number of aryl methyl sites for hydroxylation is 2. The van der Waals surface area contributed by atoms with Crippen molar-refractivity contribution in [2.75, 3.05) is 27.2 Å². The molecule has 1 fully saturated rings. The summed E-state index contributed by atoms with van der Waals surface area (Å²) in [4.78, 5) is 9.14. The molecule has 0 spiro atoms. The molecule has 6 nitrogen and oxygen atoms in total. The third-order valence-corrected chi connectivity index (χ3v) is 4.82. The number of nitrogens with zero attached hydrogens (tertiary/aromatic N) is 5. The van der Waals surface area contributed by atoms with Crippen molar-refractivity contribution in [3.63, 3.8) is 0 Å². The van der Waals surface area contributed by atoms with Crippen LogP contribution >= 0.6 is 0 Å². The van der Waals surface area contributed by atoms with E-state index >= 15 is 0 Å². The summed E-state index contributed by atoms with van der Waals surface area (Å²) in [6.07, 6.45) is 6.42. The van der Waals surface area contributed by atoms with E-state index in [1.807, 2.05) is 25.5 Å². The first-order valence-electron chi connectivity index (χ1n) is 8.32. The molecule has 23 heavy (non-hydrogen) atoms. The summed E-state index contributed by atoms with van der Waals surface area (Å²) in [6.45, 7) is 4.96. The zero-order valence-electron chi connectivity index (χ0n) is 14.6. The lowest BCUT2D eigenvalue weighted by Crippen LogP contribution is -2.41. The Labute approximate surface area is 138 Å². The summed E-state index contributed by atoms with van der Waals surface area (Å²) in [5, 5.41) is 4.11. The van der Waals surface area contributed by atoms with Gasteiger partial charge < -0.3 is 14.0 Å². The van der Waals surface area contributed by atoms with E-state index in [4.69, 9.17) is 4.52 Å². The highest BCUT2D eigenvalue weighted by Gasteiger charge is 2.32. The predicted octanol–water partition coefficient (Wildman–Crippen LogP) is 2.23. The average Bonchev–Trinajstić information content (AvgIpc) is 3.08. The van der Waals surface area contributed by atoms with Crippen molar-refractivity contribution in [2.45, 2.75) is 32.4 Å². The molecule has 0 amide bonds. The number of aromatic nitrogens is 3. The van der Waals surface area contributed by atoms with E-state index in [2.05, 4.69) is 45.7 Å². The average molecular weight is 317 g/mol. The smallest absolute Gasteiger partial charge is 0.133 e. The second-order valence-corrected chi connectivity index (χ2v) is 6.88. The molecule has 1 saturated heterocycles. The first kappa shape index (κ1) is 16.2. The number of hydrogen-bond acceptors (Lipinski definition) is 5. The van der Waals surface area contributed by atoms with Gasteiger partial charge in [0.25, 0.3) is 0 Å². The maximum absolute atomic E-state index is 5.17. The lowest BCUT2D eigenvalue weighted by molar-refractivity contribution is 0.0874. The first-order valence-corrected chi connectivity index (χ1v) is 8.32. The molecule has 0 radical (unpaired) electrons. The van der Waals surface area contributed by atoms with Crippen LogP contribution in [-0.4, -0.2) is 51.7 Å². The van der Waals surface area contributed by atoms with E-state index in [-0.39, 0.29) is 0 Å². The van der Waals surface area contributed by atoms with Crippen LogP contribution in [0.3, 0.4) is 0 Å². The van der Waals surface area contributed by atoms with Gasteiger partial charge in [-0.3, -0.25) is 4.90 Å². The van der Waals surface area contributed by atoms with Crippen LogP contribution in [0, 0.1) is 12.8 Å². The van der Waals surface area contributed by atoms with Gasteiger partial charge in [-0.2, -0.15) is 0 Å². The van der Waals surface area contributed by atoms with Crippen molar-refractivity contribution in [2.24, 2.45) is 13.0 Å². The van der Waals surface area contributed by atoms with Gasteiger partial charge in [-0.25, -0.2) is 4.98 Å². The molecule has 126 valence electrons. The number of likely N-dealkylation sites (tertiary alicyclic amines) is 1. The molecular weight excluding hydrogens is 290 g/mol. The van der Waals surface area contributed by atoms with Crippen LogP contribution < -0.4 is 0 Å². The van der Waals surface area contributed by atoms with Gasteiger partial charge in [0.15, 0.2) is 0 Å². The standard InChI is InChI=1S/C17H27N5O/c1-13-8-15(19-23-13)11-20(2)10-14-6-5-7-21(3)17(14)16-9-18-12-22(16)4/h8-9,12,14,17H,5-7,10-11H2,1-4H3/t14-,17+/m0/s1.